The molecule has 2 aromatic heterocycles. The lowest BCUT2D eigenvalue weighted by Gasteiger charge is -2.04. The monoisotopic (exact) mass is 499 g/mol. The highest BCUT2D eigenvalue weighted by Crippen LogP contribution is 2.35. The zero-order valence-electron chi connectivity index (χ0n) is 17.3. The van der Waals surface area contributed by atoms with Crippen LogP contribution in [0.25, 0.3) is 28.9 Å². The number of halogens is 1. The van der Waals surface area contributed by atoms with Gasteiger partial charge in [-0.1, -0.05) is 23.7 Å². The molecule has 0 aliphatic carbocycles. The van der Waals surface area contributed by atoms with Gasteiger partial charge >= 0.3 is 5.97 Å². The minimum atomic E-state index is -1.24. The van der Waals surface area contributed by atoms with E-state index >= 15 is 0 Å². The Kier molecular flexibility index (Phi) is 6.66. The first-order chi connectivity index (χ1) is 16.3. The molecule has 0 atom stereocenters. The Balaban J connectivity index is 1.58. The van der Waals surface area contributed by atoms with E-state index in [4.69, 9.17) is 25.2 Å². The molecule has 0 aliphatic rings. The van der Waals surface area contributed by atoms with Gasteiger partial charge in [0.25, 0.3) is 16.8 Å². The molecule has 172 valence electrons. The van der Waals surface area contributed by atoms with Crippen LogP contribution >= 0.6 is 23.4 Å². The van der Waals surface area contributed by atoms with Crippen molar-refractivity contribution in [2.24, 2.45) is 0 Å². The summed E-state index contributed by atoms with van der Waals surface area (Å²) in [6.07, 6.45) is 1.29. The first kappa shape index (κ1) is 23.1. The average Bonchev–Trinajstić information content (AvgIpc) is 3.48. The predicted octanol–water partition coefficient (Wildman–Crippen LogP) is 5.78. The Morgan fingerprint density at radius 1 is 1.18 bits per heavy atom. The van der Waals surface area contributed by atoms with Crippen LogP contribution in [0.2, 0.25) is 5.02 Å². The number of rotatable bonds is 8. The summed E-state index contributed by atoms with van der Waals surface area (Å²) in [5.41, 5.74) is 0.856. The summed E-state index contributed by atoms with van der Waals surface area (Å²) in [5.74, 6) is -0.0979. The molecular weight excluding hydrogens is 486 g/mol. The molecule has 0 fully saturated rings. The summed E-state index contributed by atoms with van der Waals surface area (Å²) in [5, 5.41) is 28.9. The summed E-state index contributed by atoms with van der Waals surface area (Å²) in [6, 6.07) is 13.9. The first-order valence-electron chi connectivity index (χ1n) is 9.49. The van der Waals surface area contributed by atoms with Gasteiger partial charge in [-0.3, -0.25) is 10.1 Å². The van der Waals surface area contributed by atoms with Crippen LogP contribution in [0.5, 0.6) is 5.75 Å². The second-order valence-corrected chi connectivity index (χ2v) is 8.07. The zero-order chi connectivity index (χ0) is 24.2. The van der Waals surface area contributed by atoms with E-state index in [-0.39, 0.29) is 27.5 Å². The number of carbonyl (C=O) groups is 1. The van der Waals surface area contributed by atoms with E-state index in [1.165, 1.54) is 31.4 Å². The first-order valence-corrected chi connectivity index (χ1v) is 10.7. The third-order valence-electron chi connectivity index (χ3n) is 4.45. The van der Waals surface area contributed by atoms with Crippen molar-refractivity contribution < 1.29 is 28.4 Å². The predicted molar refractivity (Wildman–Crippen MR) is 124 cm³/mol. The minimum Gasteiger partial charge on any atom is -0.496 e. The Morgan fingerprint density at radius 2 is 2.00 bits per heavy atom. The normalized spacial score (nSPS) is 11.4. The minimum absolute atomic E-state index is 0.0175. The fraction of sp³-hybridized carbons (Fsp3) is 0.0455. The fourth-order valence-electron chi connectivity index (χ4n) is 2.92. The quantitative estimate of drug-likeness (QED) is 0.137. The number of nitro benzene ring substituents is 1. The summed E-state index contributed by atoms with van der Waals surface area (Å²) < 4.78 is 16.5. The van der Waals surface area contributed by atoms with Crippen LogP contribution in [0.1, 0.15) is 5.76 Å². The number of hydrogen-bond acceptors (Lipinski definition) is 9. The summed E-state index contributed by atoms with van der Waals surface area (Å²) in [7, 11) is 1.48. The average molecular weight is 500 g/mol. The number of carboxylic acid groups (broad SMARTS) is 1. The number of methoxy groups -OCH3 is 1. The SMILES string of the molecule is COc1ccc(Cl)cc1-c1nnc(S/C(=C\c2ccc(-c3cccc([N+](=O)[O-])c3)o2)C(=O)O)o1. The second-order valence-electron chi connectivity index (χ2n) is 6.64. The molecule has 4 rings (SSSR count). The Bertz CT molecular complexity index is 1410. The number of thioether (sulfide) groups is 1. The van der Waals surface area contributed by atoms with Crippen LogP contribution in [0, 0.1) is 10.1 Å². The van der Waals surface area contributed by atoms with E-state index < -0.39 is 10.9 Å². The lowest BCUT2D eigenvalue weighted by atomic mass is 10.1. The largest absolute Gasteiger partial charge is 0.496 e. The highest BCUT2D eigenvalue weighted by molar-refractivity contribution is 8.03. The van der Waals surface area contributed by atoms with Crippen LogP contribution in [0.3, 0.4) is 0 Å². The van der Waals surface area contributed by atoms with Crippen LogP contribution in [-0.2, 0) is 4.79 Å². The van der Waals surface area contributed by atoms with Crippen molar-refractivity contribution in [1.29, 1.82) is 0 Å². The summed E-state index contributed by atoms with van der Waals surface area (Å²) >= 11 is 6.77. The third kappa shape index (κ3) is 5.11. The van der Waals surface area contributed by atoms with Gasteiger partial charge in [-0.15, -0.1) is 10.2 Å². The second kappa shape index (κ2) is 9.81. The van der Waals surface area contributed by atoms with Gasteiger partial charge in [0.2, 0.25) is 0 Å². The van der Waals surface area contributed by atoms with Crippen molar-refractivity contribution in [1.82, 2.24) is 10.2 Å². The molecule has 34 heavy (non-hydrogen) atoms. The molecule has 0 bridgehead atoms. The van der Waals surface area contributed by atoms with E-state index in [2.05, 4.69) is 10.2 Å². The van der Waals surface area contributed by atoms with Gasteiger partial charge < -0.3 is 18.7 Å². The molecule has 0 radical (unpaired) electrons. The lowest BCUT2D eigenvalue weighted by Crippen LogP contribution is -1.96. The topological polar surface area (TPSA) is 142 Å². The molecule has 10 nitrogen and oxygen atoms in total. The van der Waals surface area contributed by atoms with Crippen LogP contribution in [0.4, 0.5) is 5.69 Å². The number of hydrogen-bond donors (Lipinski definition) is 1. The van der Waals surface area contributed by atoms with Crippen molar-refractivity contribution in [3.63, 3.8) is 0 Å². The summed E-state index contributed by atoms with van der Waals surface area (Å²) in [6.45, 7) is 0. The van der Waals surface area contributed by atoms with E-state index in [0.29, 0.717) is 27.7 Å². The number of nitrogens with zero attached hydrogens (tertiary/aromatic N) is 3. The van der Waals surface area contributed by atoms with Gasteiger partial charge in [-0.25, -0.2) is 4.79 Å². The maximum Gasteiger partial charge on any atom is 0.342 e. The number of non-ortho nitro benzene ring substituents is 1. The molecule has 2 aromatic carbocycles. The standard InChI is InChI=1S/C22H14ClN3O7S/c1-31-18-7-5-13(23)10-16(18)20-24-25-22(33-20)34-19(21(27)28)11-15-6-8-17(32-15)12-3-2-4-14(9-12)26(29)30/h2-11H,1H3,(H,27,28)/b19-11-. The molecule has 0 unspecified atom stereocenters. The van der Waals surface area contributed by atoms with Crippen molar-refractivity contribution in [3.05, 3.63) is 80.4 Å². The molecule has 0 saturated heterocycles. The fourth-order valence-corrected chi connectivity index (χ4v) is 3.75. The molecule has 4 aromatic rings. The molecule has 0 aliphatic heterocycles. The van der Waals surface area contributed by atoms with E-state index in [1.54, 1.807) is 36.4 Å². The molecule has 0 saturated carbocycles. The maximum atomic E-state index is 11.8. The van der Waals surface area contributed by atoms with E-state index in [9.17, 15) is 20.0 Å². The number of furan rings is 1. The molecule has 2 heterocycles. The summed E-state index contributed by atoms with van der Waals surface area (Å²) in [4.78, 5) is 22.1. The Morgan fingerprint density at radius 3 is 2.74 bits per heavy atom. The van der Waals surface area contributed by atoms with E-state index in [1.807, 2.05) is 0 Å². The van der Waals surface area contributed by atoms with Gasteiger partial charge in [-0.2, -0.15) is 0 Å². The van der Waals surface area contributed by atoms with Gasteiger partial charge in [0.15, 0.2) is 0 Å². The van der Waals surface area contributed by atoms with Crippen LogP contribution in [-0.4, -0.2) is 33.3 Å². The molecule has 0 spiro atoms. The number of ether oxygens (including phenoxy) is 1. The zero-order valence-corrected chi connectivity index (χ0v) is 18.9. The number of aromatic nitrogens is 2. The number of nitro groups is 1. The maximum absolute atomic E-state index is 11.8. The number of aliphatic carboxylic acids is 1. The Hall–Kier alpha value is -4.09. The Labute approximate surface area is 201 Å². The van der Waals surface area contributed by atoms with Crippen molar-refractivity contribution in [2.75, 3.05) is 7.11 Å². The van der Waals surface area contributed by atoms with Crippen LogP contribution in [0.15, 0.2) is 73.6 Å². The van der Waals surface area contributed by atoms with Crippen molar-refractivity contribution in [3.8, 4) is 28.5 Å². The molecule has 1 N–H and O–H groups in total. The van der Waals surface area contributed by atoms with Gasteiger partial charge in [0, 0.05) is 28.8 Å². The molecular formula is C22H14ClN3O7S. The van der Waals surface area contributed by atoms with Gasteiger partial charge in [0.05, 0.1) is 17.6 Å². The van der Waals surface area contributed by atoms with Crippen molar-refractivity contribution in [2.45, 2.75) is 5.22 Å². The van der Waals surface area contributed by atoms with Gasteiger partial charge in [-0.05, 0) is 42.1 Å². The highest BCUT2D eigenvalue weighted by Gasteiger charge is 2.19. The van der Waals surface area contributed by atoms with Crippen molar-refractivity contribution >= 4 is 41.1 Å². The molecule has 0 amide bonds. The number of carboxylic acids is 1. The van der Waals surface area contributed by atoms with E-state index in [0.717, 1.165) is 11.8 Å². The number of benzene rings is 2. The highest BCUT2D eigenvalue weighted by atomic mass is 35.5. The third-order valence-corrected chi connectivity index (χ3v) is 5.54. The molecule has 12 heteroatoms. The lowest BCUT2D eigenvalue weighted by molar-refractivity contribution is -0.384. The smallest absolute Gasteiger partial charge is 0.342 e. The van der Waals surface area contributed by atoms with Gasteiger partial charge in [0.1, 0.15) is 22.2 Å². The van der Waals surface area contributed by atoms with Crippen LogP contribution < -0.4 is 4.74 Å².